The molecule has 186 valence electrons. The van der Waals surface area contributed by atoms with Gasteiger partial charge in [0, 0.05) is 43.0 Å². The van der Waals surface area contributed by atoms with Crippen LogP contribution in [0.4, 0.5) is 0 Å². The van der Waals surface area contributed by atoms with Crippen molar-refractivity contribution < 1.29 is 0 Å². The van der Waals surface area contributed by atoms with Crippen molar-refractivity contribution in [3.05, 3.63) is 117 Å². The van der Waals surface area contributed by atoms with Gasteiger partial charge in [-0.1, -0.05) is 103 Å². The van der Waals surface area contributed by atoms with Gasteiger partial charge in [-0.2, -0.15) is 0 Å². The SMILES string of the molecule is Cc1ccc2c(c1)-c1c(c(-c3ccccc3Cl)c3c([nH]c4ccc(C(C)C)cc43)c1-c1ccccc1Cl)C2. The molecule has 0 unspecified atom stereocenters. The number of aromatic amines is 1. The smallest absolute Gasteiger partial charge is 0.0557 e. The van der Waals surface area contributed by atoms with Crippen LogP contribution in [0.1, 0.15) is 42.0 Å². The van der Waals surface area contributed by atoms with E-state index in [0.29, 0.717) is 5.92 Å². The summed E-state index contributed by atoms with van der Waals surface area (Å²) in [5.41, 5.74) is 14.5. The number of aromatic nitrogens is 1. The van der Waals surface area contributed by atoms with Crippen molar-refractivity contribution in [2.24, 2.45) is 0 Å². The maximum atomic E-state index is 6.95. The van der Waals surface area contributed by atoms with Gasteiger partial charge in [-0.05, 0) is 76.9 Å². The van der Waals surface area contributed by atoms with Crippen molar-refractivity contribution in [3.63, 3.8) is 0 Å². The maximum absolute atomic E-state index is 6.95. The molecule has 1 aliphatic carbocycles. The molecule has 0 spiro atoms. The van der Waals surface area contributed by atoms with Gasteiger partial charge >= 0.3 is 0 Å². The molecule has 0 amide bonds. The highest BCUT2D eigenvalue weighted by Crippen LogP contribution is 2.54. The second kappa shape index (κ2) is 8.76. The molecule has 0 bridgehead atoms. The molecule has 0 fully saturated rings. The van der Waals surface area contributed by atoms with Crippen molar-refractivity contribution in [3.8, 4) is 33.4 Å². The minimum absolute atomic E-state index is 0.429. The van der Waals surface area contributed by atoms with Gasteiger partial charge in [-0.15, -0.1) is 0 Å². The molecule has 3 heteroatoms. The summed E-state index contributed by atoms with van der Waals surface area (Å²) in [5.74, 6) is 0.429. The Bertz CT molecular complexity index is 1910. The topological polar surface area (TPSA) is 15.8 Å². The Labute approximate surface area is 233 Å². The van der Waals surface area contributed by atoms with Gasteiger partial charge < -0.3 is 4.98 Å². The molecule has 0 aliphatic heterocycles. The zero-order valence-electron chi connectivity index (χ0n) is 21.6. The van der Waals surface area contributed by atoms with E-state index in [2.05, 4.69) is 86.4 Å². The standard InChI is InChI=1S/C35H27Cl2N/c1-19(2)21-14-15-30-26(17-21)34-31(23-8-4-6-10-28(23)36)27-18-22-13-12-20(3)16-25(22)32(27)33(35(34)38-30)24-9-5-7-11-29(24)37/h4-17,19,38H,18H2,1-3H3. The molecule has 1 aromatic heterocycles. The summed E-state index contributed by atoms with van der Waals surface area (Å²) in [6.07, 6.45) is 0.857. The molecular formula is C35H27Cl2N. The predicted octanol–water partition coefficient (Wildman–Crippen LogP) is 11.0. The zero-order chi connectivity index (χ0) is 26.1. The van der Waals surface area contributed by atoms with Gasteiger partial charge in [-0.3, -0.25) is 0 Å². The molecule has 5 aromatic carbocycles. The summed E-state index contributed by atoms with van der Waals surface area (Å²) in [4.78, 5) is 3.84. The van der Waals surface area contributed by atoms with Crippen LogP contribution >= 0.6 is 23.2 Å². The third-order valence-corrected chi connectivity index (χ3v) is 8.69. The lowest BCUT2D eigenvalue weighted by atomic mass is 9.85. The van der Waals surface area contributed by atoms with E-state index in [-0.39, 0.29) is 0 Å². The fourth-order valence-corrected chi connectivity index (χ4v) is 6.66. The third kappa shape index (κ3) is 3.46. The van der Waals surface area contributed by atoms with Crippen LogP contribution in [-0.4, -0.2) is 4.98 Å². The Morgan fingerprint density at radius 3 is 2.08 bits per heavy atom. The third-order valence-electron chi connectivity index (χ3n) is 8.03. The van der Waals surface area contributed by atoms with Gasteiger partial charge in [0.05, 0.1) is 5.52 Å². The van der Waals surface area contributed by atoms with E-state index >= 15 is 0 Å². The number of halogens is 2. The number of nitrogens with one attached hydrogen (secondary N) is 1. The molecule has 7 rings (SSSR count). The minimum atomic E-state index is 0.429. The largest absolute Gasteiger partial charge is 0.354 e. The number of hydrogen-bond acceptors (Lipinski definition) is 0. The first-order valence-corrected chi connectivity index (χ1v) is 13.9. The van der Waals surface area contributed by atoms with E-state index < -0.39 is 0 Å². The Hall–Kier alpha value is -3.52. The lowest BCUT2D eigenvalue weighted by Crippen LogP contribution is -1.95. The van der Waals surface area contributed by atoms with E-state index in [9.17, 15) is 0 Å². The van der Waals surface area contributed by atoms with Crippen molar-refractivity contribution in [1.82, 2.24) is 4.98 Å². The average molecular weight is 533 g/mol. The van der Waals surface area contributed by atoms with E-state index in [1.54, 1.807) is 0 Å². The monoisotopic (exact) mass is 531 g/mol. The van der Waals surface area contributed by atoms with Crippen molar-refractivity contribution in [2.45, 2.75) is 33.1 Å². The number of benzene rings is 5. The minimum Gasteiger partial charge on any atom is -0.354 e. The summed E-state index contributed by atoms with van der Waals surface area (Å²) in [6.45, 7) is 6.66. The fraction of sp³-hybridized carbons (Fsp3) is 0.143. The van der Waals surface area contributed by atoms with Gasteiger partial charge in [0.25, 0.3) is 0 Å². The fourth-order valence-electron chi connectivity index (χ4n) is 6.20. The Morgan fingerprint density at radius 1 is 0.711 bits per heavy atom. The van der Waals surface area contributed by atoms with Gasteiger partial charge in [0.15, 0.2) is 0 Å². The highest BCUT2D eigenvalue weighted by Gasteiger charge is 2.31. The van der Waals surface area contributed by atoms with Crippen LogP contribution in [0.25, 0.3) is 55.2 Å². The summed E-state index contributed by atoms with van der Waals surface area (Å²) < 4.78 is 0. The first kappa shape index (κ1) is 23.6. The molecule has 1 N–H and O–H groups in total. The van der Waals surface area contributed by atoms with Crippen LogP contribution in [0.3, 0.4) is 0 Å². The number of aryl methyl sites for hydroxylation is 1. The average Bonchev–Trinajstić information content (AvgIpc) is 3.46. The highest BCUT2D eigenvalue weighted by atomic mass is 35.5. The molecule has 0 saturated heterocycles. The molecule has 6 aromatic rings. The van der Waals surface area contributed by atoms with Gasteiger partial charge in [-0.25, -0.2) is 0 Å². The lowest BCUT2D eigenvalue weighted by Gasteiger charge is -2.19. The van der Waals surface area contributed by atoms with E-state index in [4.69, 9.17) is 23.2 Å². The predicted molar refractivity (Wildman–Crippen MR) is 164 cm³/mol. The first-order chi connectivity index (χ1) is 18.4. The second-order valence-corrected chi connectivity index (χ2v) is 11.5. The molecule has 1 heterocycles. The summed E-state index contributed by atoms with van der Waals surface area (Å²) in [5, 5.41) is 3.96. The number of hydrogen-bond donors (Lipinski definition) is 1. The molecule has 0 radical (unpaired) electrons. The molecule has 38 heavy (non-hydrogen) atoms. The van der Waals surface area contributed by atoms with Crippen molar-refractivity contribution in [2.75, 3.05) is 0 Å². The van der Waals surface area contributed by atoms with Gasteiger partial charge in [0.2, 0.25) is 0 Å². The quantitative estimate of drug-likeness (QED) is 0.233. The van der Waals surface area contributed by atoms with Crippen LogP contribution in [0, 0.1) is 6.92 Å². The Balaban J connectivity index is 1.76. The number of H-pyrrole nitrogens is 1. The van der Waals surface area contributed by atoms with Crippen LogP contribution < -0.4 is 0 Å². The van der Waals surface area contributed by atoms with Crippen molar-refractivity contribution in [1.29, 1.82) is 0 Å². The molecular weight excluding hydrogens is 505 g/mol. The Kier molecular flexibility index (Phi) is 5.44. The second-order valence-electron chi connectivity index (χ2n) is 10.7. The van der Waals surface area contributed by atoms with Crippen LogP contribution in [0.2, 0.25) is 10.0 Å². The normalized spacial score (nSPS) is 12.5. The zero-order valence-corrected chi connectivity index (χ0v) is 23.1. The summed E-state index contributed by atoms with van der Waals surface area (Å²) >= 11 is 13.9. The molecule has 0 atom stereocenters. The van der Waals surface area contributed by atoms with E-state index in [0.717, 1.165) is 38.6 Å². The number of fused-ring (bicyclic) bond motifs is 6. The van der Waals surface area contributed by atoms with Crippen molar-refractivity contribution >= 4 is 45.0 Å². The molecule has 1 nitrogen and oxygen atoms in total. The van der Waals surface area contributed by atoms with Gasteiger partial charge in [0.1, 0.15) is 0 Å². The van der Waals surface area contributed by atoms with Crippen LogP contribution in [0.5, 0.6) is 0 Å². The number of rotatable bonds is 3. The van der Waals surface area contributed by atoms with E-state index in [1.807, 2.05) is 24.3 Å². The maximum Gasteiger partial charge on any atom is 0.0557 e. The van der Waals surface area contributed by atoms with Crippen LogP contribution in [-0.2, 0) is 6.42 Å². The Morgan fingerprint density at radius 2 is 1.39 bits per heavy atom. The first-order valence-electron chi connectivity index (χ1n) is 13.2. The lowest BCUT2D eigenvalue weighted by molar-refractivity contribution is 0.869. The van der Waals surface area contributed by atoms with Crippen LogP contribution in [0.15, 0.2) is 84.9 Å². The highest BCUT2D eigenvalue weighted by molar-refractivity contribution is 6.36. The molecule has 0 saturated carbocycles. The summed E-state index contributed by atoms with van der Waals surface area (Å²) in [6, 6.07) is 30.1. The van der Waals surface area contributed by atoms with E-state index in [1.165, 1.54) is 55.3 Å². The molecule has 1 aliphatic rings. The summed E-state index contributed by atoms with van der Waals surface area (Å²) in [7, 11) is 0.